The molecule has 0 saturated carbocycles. The summed E-state index contributed by atoms with van der Waals surface area (Å²) < 4.78 is 51.6. The van der Waals surface area contributed by atoms with E-state index in [0.29, 0.717) is 35.8 Å². The first-order valence-corrected chi connectivity index (χ1v) is 11.4. The normalized spacial score (nSPS) is 11.9. The number of benzene rings is 2. The Morgan fingerprint density at radius 2 is 1.94 bits per heavy atom. The number of aryl methyl sites for hydroxylation is 2. The zero-order valence-electron chi connectivity index (χ0n) is 18.3. The quantitative estimate of drug-likeness (QED) is 0.250. The van der Waals surface area contributed by atoms with Crippen LogP contribution in [0.2, 0.25) is 0 Å². The predicted molar refractivity (Wildman–Crippen MR) is 124 cm³/mol. The van der Waals surface area contributed by atoms with Gasteiger partial charge in [0.15, 0.2) is 5.58 Å². The molecule has 2 heterocycles. The molecule has 0 aliphatic heterocycles. The van der Waals surface area contributed by atoms with Crippen molar-refractivity contribution in [2.75, 3.05) is 6.61 Å². The third-order valence-corrected chi connectivity index (χ3v) is 6.38. The summed E-state index contributed by atoms with van der Waals surface area (Å²) in [6.07, 6.45) is -1.58. The van der Waals surface area contributed by atoms with E-state index in [2.05, 4.69) is 16.7 Å². The van der Waals surface area contributed by atoms with Crippen LogP contribution in [0.3, 0.4) is 0 Å². The number of aromatic nitrogens is 2. The zero-order chi connectivity index (χ0) is 23.6. The lowest BCUT2D eigenvalue weighted by Crippen LogP contribution is -2.06. The average molecular weight is 473 g/mol. The molecule has 0 radical (unpaired) electrons. The van der Waals surface area contributed by atoms with Crippen LogP contribution in [0, 0.1) is 0 Å². The summed E-state index contributed by atoms with van der Waals surface area (Å²) in [6, 6.07) is 11.1. The maximum Gasteiger partial charge on any atom is 0.417 e. The Kier molecular flexibility index (Phi) is 6.56. The summed E-state index contributed by atoms with van der Waals surface area (Å²) >= 11 is 1.31. The number of thiazole rings is 1. The summed E-state index contributed by atoms with van der Waals surface area (Å²) in [6.45, 7) is 8.02. The Bertz CT molecular complexity index is 1270. The Morgan fingerprint density at radius 1 is 1.15 bits per heavy atom. The van der Waals surface area contributed by atoms with Gasteiger partial charge in [0.25, 0.3) is 0 Å². The highest BCUT2D eigenvalue weighted by atomic mass is 32.1. The van der Waals surface area contributed by atoms with E-state index in [1.807, 2.05) is 26.0 Å². The van der Waals surface area contributed by atoms with E-state index >= 15 is 0 Å². The molecule has 4 rings (SSSR count). The number of alkyl halides is 3. The van der Waals surface area contributed by atoms with E-state index in [0.717, 1.165) is 27.7 Å². The molecule has 0 aliphatic rings. The minimum absolute atomic E-state index is 0.0849. The zero-order valence-corrected chi connectivity index (χ0v) is 19.1. The highest BCUT2D eigenvalue weighted by Gasteiger charge is 2.34. The van der Waals surface area contributed by atoms with Crippen LogP contribution < -0.4 is 4.74 Å². The van der Waals surface area contributed by atoms with E-state index < -0.39 is 11.7 Å². The minimum Gasteiger partial charge on any atom is -0.489 e. The lowest BCUT2D eigenvalue weighted by Gasteiger charge is -2.10. The molecule has 2 aromatic carbocycles. The van der Waals surface area contributed by atoms with Gasteiger partial charge in [-0.25, -0.2) is 4.98 Å². The standard InChI is InChI=1S/C25H23F3N2O2S/c1-4-13-31-16-9-10-18-20(30-32-21(18)14-16)11-12-22-23(15(2)3)29-24(33-22)17-7-5-6-8-19(17)25(26,27)28/h4-10,14-15H,1,11-13H2,2-3H3. The molecule has 0 saturated heterocycles. The smallest absolute Gasteiger partial charge is 0.417 e. The van der Waals surface area contributed by atoms with E-state index in [1.165, 1.54) is 23.5 Å². The van der Waals surface area contributed by atoms with Crippen LogP contribution in [0.1, 0.15) is 41.6 Å². The molecule has 4 nitrogen and oxygen atoms in total. The van der Waals surface area contributed by atoms with Crippen molar-refractivity contribution in [2.24, 2.45) is 0 Å². The van der Waals surface area contributed by atoms with E-state index in [4.69, 9.17) is 9.26 Å². The molecule has 0 atom stereocenters. The van der Waals surface area contributed by atoms with E-state index in [-0.39, 0.29) is 11.5 Å². The second-order valence-electron chi connectivity index (χ2n) is 7.91. The topological polar surface area (TPSA) is 48.2 Å². The van der Waals surface area contributed by atoms with Crippen molar-refractivity contribution in [3.8, 4) is 16.3 Å². The van der Waals surface area contributed by atoms with Gasteiger partial charge in [0.1, 0.15) is 17.4 Å². The van der Waals surface area contributed by atoms with Crippen LogP contribution in [0.15, 0.2) is 59.6 Å². The van der Waals surface area contributed by atoms with Crippen molar-refractivity contribution in [1.82, 2.24) is 10.1 Å². The lowest BCUT2D eigenvalue weighted by atomic mass is 10.0. The SMILES string of the molecule is C=CCOc1ccc2c(CCc3sc(-c4ccccc4C(F)(F)F)nc3C(C)C)noc2c1. The van der Waals surface area contributed by atoms with Gasteiger partial charge >= 0.3 is 6.18 Å². The maximum atomic E-state index is 13.5. The fourth-order valence-electron chi connectivity index (χ4n) is 3.65. The minimum atomic E-state index is -4.44. The van der Waals surface area contributed by atoms with Crippen LogP contribution in [0.5, 0.6) is 5.75 Å². The van der Waals surface area contributed by atoms with Gasteiger partial charge in [-0.05, 0) is 37.0 Å². The highest BCUT2D eigenvalue weighted by Crippen LogP contribution is 2.40. The van der Waals surface area contributed by atoms with Gasteiger partial charge in [0, 0.05) is 21.9 Å². The molecule has 0 amide bonds. The van der Waals surface area contributed by atoms with Gasteiger partial charge in [-0.15, -0.1) is 11.3 Å². The van der Waals surface area contributed by atoms with Gasteiger partial charge in [-0.1, -0.05) is 49.9 Å². The molecule has 8 heteroatoms. The van der Waals surface area contributed by atoms with Gasteiger partial charge in [0.05, 0.1) is 17.0 Å². The van der Waals surface area contributed by atoms with Crippen LogP contribution in [-0.4, -0.2) is 16.7 Å². The number of ether oxygens (including phenoxy) is 1. The summed E-state index contributed by atoms with van der Waals surface area (Å²) in [7, 11) is 0. The number of rotatable bonds is 8. The Labute approximate surface area is 193 Å². The molecule has 0 spiro atoms. The Morgan fingerprint density at radius 3 is 2.67 bits per heavy atom. The molecule has 2 aromatic heterocycles. The third kappa shape index (κ3) is 4.95. The number of hydrogen-bond donors (Lipinski definition) is 0. The number of fused-ring (bicyclic) bond motifs is 1. The molecule has 4 aromatic rings. The summed E-state index contributed by atoms with van der Waals surface area (Å²) in [5.41, 5.74) is 1.68. The molecule has 0 aliphatic carbocycles. The van der Waals surface area contributed by atoms with Crippen molar-refractivity contribution < 1.29 is 22.4 Å². The van der Waals surface area contributed by atoms with Crippen molar-refractivity contribution >= 4 is 22.3 Å². The van der Waals surface area contributed by atoms with Crippen LogP contribution in [0.25, 0.3) is 21.5 Å². The average Bonchev–Trinajstić information content (AvgIpc) is 3.39. The fraction of sp³-hybridized carbons (Fsp3) is 0.280. The Balaban J connectivity index is 1.61. The third-order valence-electron chi connectivity index (χ3n) is 5.21. The maximum absolute atomic E-state index is 13.5. The molecular weight excluding hydrogens is 449 g/mol. The van der Waals surface area contributed by atoms with Gasteiger partial charge in [-0.3, -0.25) is 0 Å². The van der Waals surface area contributed by atoms with Crippen molar-refractivity contribution in [1.29, 1.82) is 0 Å². The van der Waals surface area contributed by atoms with E-state index in [9.17, 15) is 13.2 Å². The van der Waals surface area contributed by atoms with Crippen LogP contribution >= 0.6 is 11.3 Å². The first-order chi connectivity index (χ1) is 15.8. The second-order valence-corrected chi connectivity index (χ2v) is 9.00. The second kappa shape index (κ2) is 9.39. The van der Waals surface area contributed by atoms with E-state index in [1.54, 1.807) is 18.2 Å². The monoisotopic (exact) mass is 472 g/mol. The lowest BCUT2D eigenvalue weighted by molar-refractivity contribution is -0.137. The Hall–Kier alpha value is -3.13. The summed E-state index contributed by atoms with van der Waals surface area (Å²) in [4.78, 5) is 5.56. The van der Waals surface area contributed by atoms with Gasteiger partial charge < -0.3 is 9.26 Å². The molecule has 0 fully saturated rings. The number of halogens is 3. The molecule has 0 bridgehead atoms. The highest BCUT2D eigenvalue weighted by molar-refractivity contribution is 7.15. The van der Waals surface area contributed by atoms with Crippen molar-refractivity contribution in [3.63, 3.8) is 0 Å². The molecule has 0 unspecified atom stereocenters. The van der Waals surface area contributed by atoms with Crippen molar-refractivity contribution in [3.05, 3.63) is 76.9 Å². The number of hydrogen-bond acceptors (Lipinski definition) is 5. The fourth-order valence-corrected chi connectivity index (χ4v) is 4.91. The molecular formula is C25H23F3N2O2S. The first-order valence-electron chi connectivity index (χ1n) is 10.6. The summed E-state index contributed by atoms with van der Waals surface area (Å²) in [5.74, 6) is 0.754. The van der Waals surface area contributed by atoms with Crippen LogP contribution in [-0.2, 0) is 19.0 Å². The van der Waals surface area contributed by atoms with Crippen LogP contribution in [0.4, 0.5) is 13.2 Å². The molecule has 0 N–H and O–H groups in total. The number of nitrogens with zero attached hydrogens (tertiary/aromatic N) is 2. The first kappa shape index (κ1) is 23.0. The van der Waals surface area contributed by atoms with Gasteiger partial charge in [0.2, 0.25) is 0 Å². The molecule has 33 heavy (non-hydrogen) atoms. The largest absolute Gasteiger partial charge is 0.489 e. The van der Waals surface area contributed by atoms with Gasteiger partial charge in [-0.2, -0.15) is 13.2 Å². The van der Waals surface area contributed by atoms with Crippen molar-refractivity contribution in [2.45, 2.75) is 38.8 Å². The molecule has 172 valence electrons. The predicted octanol–water partition coefficient (Wildman–Crippen LogP) is 7.44. The summed E-state index contributed by atoms with van der Waals surface area (Å²) in [5, 5.41) is 5.48.